The largest absolute Gasteiger partial charge is 0.294 e. The molecule has 1 aromatic rings. The number of benzene rings is 1. The van der Waals surface area contributed by atoms with Gasteiger partial charge in [-0.05, 0) is 48.5 Å². The second kappa shape index (κ2) is 7.51. The van der Waals surface area contributed by atoms with Gasteiger partial charge in [-0.2, -0.15) is 0 Å². The van der Waals surface area contributed by atoms with Crippen LogP contribution in [0.15, 0.2) is 24.3 Å². The van der Waals surface area contributed by atoms with Crippen LogP contribution in [0.5, 0.6) is 0 Å². The Kier molecular flexibility index (Phi) is 6.72. The minimum atomic E-state index is -0.263. The zero-order valence-corrected chi connectivity index (χ0v) is 19.1. The molecule has 1 rings (SSSR count). The smallest absolute Gasteiger partial charge is 0.161 e. The standard InChI is InChI=1S/C23H39OP/c1-20(2,3)15-22(7,8)17-11-13-18(14-12-17)25-19(24)23(9,10)16-21(4,5)6/h11-14,25H,15-16H2,1-10H3. The normalized spacial score (nSPS) is 14.3. The Hall–Kier alpha value is -0.680. The Morgan fingerprint density at radius 1 is 0.760 bits per heavy atom. The summed E-state index contributed by atoms with van der Waals surface area (Å²) in [5.74, 6) is 0. The SMILES string of the molecule is CC(C)(C)CC(C)(C)C(=O)Pc1ccc(C(C)(C)CC(C)(C)C)cc1. The van der Waals surface area contributed by atoms with Crippen LogP contribution >= 0.6 is 8.58 Å². The van der Waals surface area contributed by atoms with Crippen molar-refractivity contribution in [2.75, 3.05) is 0 Å². The van der Waals surface area contributed by atoms with Crippen LogP contribution in [-0.2, 0) is 10.2 Å². The number of carbonyl (C=O) groups excluding carboxylic acids is 1. The highest BCUT2D eigenvalue weighted by molar-refractivity contribution is 7.65. The average molecular weight is 363 g/mol. The highest BCUT2D eigenvalue weighted by Gasteiger charge is 2.32. The summed E-state index contributed by atoms with van der Waals surface area (Å²) in [7, 11) is 0.246. The fraction of sp³-hybridized carbons (Fsp3) is 0.696. The average Bonchev–Trinajstić information content (AvgIpc) is 2.33. The third-order valence-corrected chi connectivity index (χ3v) is 6.01. The molecule has 1 nitrogen and oxygen atoms in total. The van der Waals surface area contributed by atoms with Crippen LogP contribution in [0.1, 0.15) is 87.6 Å². The molecule has 0 amide bonds. The van der Waals surface area contributed by atoms with Crippen molar-refractivity contribution in [2.24, 2.45) is 16.2 Å². The highest BCUT2D eigenvalue weighted by Crippen LogP contribution is 2.39. The van der Waals surface area contributed by atoms with E-state index in [1.165, 1.54) is 5.56 Å². The van der Waals surface area contributed by atoms with Crippen LogP contribution < -0.4 is 5.30 Å². The summed E-state index contributed by atoms with van der Waals surface area (Å²) in [5.41, 5.74) is 2.08. The zero-order valence-electron chi connectivity index (χ0n) is 18.1. The van der Waals surface area contributed by atoms with E-state index in [0.29, 0.717) is 10.9 Å². The first kappa shape index (κ1) is 22.4. The summed E-state index contributed by atoms with van der Waals surface area (Å²) < 4.78 is 0. The van der Waals surface area contributed by atoms with Crippen molar-refractivity contribution in [1.82, 2.24) is 0 Å². The molecule has 0 fully saturated rings. The molecule has 0 heterocycles. The van der Waals surface area contributed by atoms with Crippen LogP contribution in [0, 0.1) is 16.2 Å². The van der Waals surface area contributed by atoms with E-state index < -0.39 is 0 Å². The van der Waals surface area contributed by atoms with Crippen molar-refractivity contribution >= 4 is 19.4 Å². The van der Waals surface area contributed by atoms with Crippen molar-refractivity contribution < 1.29 is 4.79 Å². The molecule has 1 unspecified atom stereocenters. The molecular weight excluding hydrogens is 323 g/mol. The molecule has 25 heavy (non-hydrogen) atoms. The van der Waals surface area contributed by atoms with E-state index in [-0.39, 0.29) is 24.8 Å². The maximum Gasteiger partial charge on any atom is 0.161 e. The van der Waals surface area contributed by atoms with Crippen LogP contribution in [-0.4, -0.2) is 5.52 Å². The number of hydrogen-bond acceptors (Lipinski definition) is 1. The van der Waals surface area contributed by atoms with Gasteiger partial charge < -0.3 is 0 Å². The lowest BCUT2D eigenvalue weighted by Gasteiger charge is -2.33. The topological polar surface area (TPSA) is 17.1 Å². The van der Waals surface area contributed by atoms with E-state index >= 15 is 0 Å². The molecule has 0 radical (unpaired) electrons. The monoisotopic (exact) mass is 362 g/mol. The third-order valence-electron chi connectivity index (χ3n) is 4.48. The predicted octanol–water partition coefficient (Wildman–Crippen LogP) is 6.69. The number of hydrogen-bond donors (Lipinski definition) is 0. The molecule has 0 saturated heterocycles. The number of rotatable bonds is 6. The van der Waals surface area contributed by atoms with Gasteiger partial charge in [0.25, 0.3) is 0 Å². The van der Waals surface area contributed by atoms with Gasteiger partial charge in [0.2, 0.25) is 0 Å². The molecule has 0 saturated carbocycles. The van der Waals surface area contributed by atoms with E-state index in [1.54, 1.807) is 0 Å². The Morgan fingerprint density at radius 3 is 1.60 bits per heavy atom. The lowest BCUT2D eigenvalue weighted by atomic mass is 9.72. The van der Waals surface area contributed by atoms with Gasteiger partial charge >= 0.3 is 0 Å². The maximum absolute atomic E-state index is 12.8. The third kappa shape index (κ3) is 7.61. The molecule has 2 heteroatoms. The van der Waals surface area contributed by atoms with Crippen molar-refractivity contribution in [2.45, 2.75) is 87.5 Å². The van der Waals surface area contributed by atoms with Gasteiger partial charge in [0.05, 0.1) is 0 Å². The first-order chi connectivity index (χ1) is 11.0. The van der Waals surface area contributed by atoms with Crippen LogP contribution in [0.2, 0.25) is 0 Å². The maximum atomic E-state index is 12.8. The van der Waals surface area contributed by atoms with Gasteiger partial charge in [-0.3, -0.25) is 4.79 Å². The van der Waals surface area contributed by atoms with E-state index in [1.807, 2.05) is 0 Å². The van der Waals surface area contributed by atoms with Gasteiger partial charge in [0, 0.05) is 5.41 Å². The summed E-state index contributed by atoms with van der Waals surface area (Å²) in [6.45, 7) is 22.3. The first-order valence-electron chi connectivity index (χ1n) is 9.44. The summed E-state index contributed by atoms with van der Waals surface area (Å²) in [6.07, 6.45) is 2.06. The van der Waals surface area contributed by atoms with Gasteiger partial charge in [0.1, 0.15) is 0 Å². The predicted molar refractivity (Wildman–Crippen MR) is 114 cm³/mol. The fourth-order valence-electron chi connectivity index (χ4n) is 4.14. The Bertz CT molecular complexity index is 580. The van der Waals surface area contributed by atoms with Crippen molar-refractivity contribution in [3.8, 4) is 0 Å². The van der Waals surface area contributed by atoms with Crippen LogP contribution in [0.4, 0.5) is 0 Å². The van der Waals surface area contributed by atoms with E-state index in [4.69, 9.17) is 0 Å². The van der Waals surface area contributed by atoms with Gasteiger partial charge in [0.15, 0.2) is 5.52 Å². The molecule has 0 N–H and O–H groups in total. The van der Waals surface area contributed by atoms with Gasteiger partial charge in [-0.15, -0.1) is 0 Å². The Morgan fingerprint density at radius 2 is 1.20 bits per heavy atom. The lowest BCUT2D eigenvalue weighted by Crippen LogP contribution is -2.28. The summed E-state index contributed by atoms with van der Waals surface area (Å²) in [5, 5.41) is 1.15. The molecule has 142 valence electrons. The van der Waals surface area contributed by atoms with Crippen molar-refractivity contribution in [1.29, 1.82) is 0 Å². The quantitative estimate of drug-likeness (QED) is 0.515. The first-order valence-corrected chi connectivity index (χ1v) is 10.4. The second-order valence-corrected chi connectivity index (χ2v) is 12.6. The molecule has 0 spiro atoms. The lowest BCUT2D eigenvalue weighted by molar-refractivity contribution is -0.119. The van der Waals surface area contributed by atoms with Gasteiger partial charge in [-0.1, -0.05) is 93.5 Å². The molecule has 0 aliphatic rings. The summed E-state index contributed by atoms with van der Waals surface area (Å²) in [6, 6.07) is 8.75. The molecule has 1 atom stereocenters. The molecule has 0 aliphatic heterocycles. The van der Waals surface area contributed by atoms with Crippen LogP contribution in [0.25, 0.3) is 0 Å². The Labute approximate surface area is 158 Å². The molecule has 0 bridgehead atoms. The van der Waals surface area contributed by atoms with E-state index in [0.717, 1.165) is 18.1 Å². The number of carbonyl (C=O) groups is 1. The molecule has 0 aromatic heterocycles. The van der Waals surface area contributed by atoms with Crippen LogP contribution in [0.3, 0.4) is 0 Å². The van der Waals surface area contributed by atoms with E-state index in [9.17, 15) is 4.79 Å². The summed E-state index contributed by atoms with van der Waals surface area (Å²) in [4.78, 5) is 12.8. The molecule has 0 aliphatic carbocycles. The molecule has 1 aromatic carbocycles. The highest BCUT2D eigenvalue weighted by atomic mass is 31.1. The summed E-state index contributed by atoms with van der Waals surface area (Å²) >= 11 is 0. The Balaban J connectivity index is 2.85. The van der Waals surface area contributed by atoms with Crippen molar-refractivity contribution in [3.63, 3.8) is 0 Å². The van der Waals surface area contributed by atoms with E-state index in [2.05, 4.69) is 93.5 Å². The second-order valence-electron chi connectivity index (χ2n) is 11.3. The minimum absolute atomic E-state index is 0.148. The zero-order chi connectivity index (χ0) is 19.7. The fourth-order valence-corrected chi connectivity index (χ4v) is 5.16. The van der Waals surface area contributed by atoms with Gasteiger partial charge in [-0.25, -0.2) is 0 Å². The van der Waals surface area contributed by atoms with Crippen molar-refractivity contribution in [3.05, 3.63) is 29.8 Å². The minimum Gasteiger partial charge on any atom is -0.294 e. The molecular formula is C23H39OP.